The Hall–Kier alpha value is -2.11. The van der Waals surface area contributed by atoms with Gasteiger partial charge in [0.2, 0.25) is 0 Å². The zero-order chi connectivity index (χ0) is 14.5. The van der Waals surface area contributed by atoms with E-state index in [1.165, 1.54) is 0 Å². The van der Waals surface area contributed by atoms with E-state index in [0.29, 0.717) is 18.3 Å². The molecule has 0 bridgehead atoms. The van der Waals surface area contributed by atoms with Crippen LogP contribution in [0.15, 0.2) is 17.1 Å². The summed E-state index contributed by atoms with van der Waals surface area (Å²) < 4.78 is 16.0. The highest BCUT2D eigenvalue weighted by atomic mass is 16.5. The molecule has 0 aliphatic carbocycles. The Morgan fingerprint density at radius 1 is 1.20 bits per heavy atom. The summed E-state index contributed by atoms with van der Waals surface area (Å²) in [6.45, 7) is 3.45. The van der Waals surface area contributed by atoms with Gasteiger partial charge in [-0.05, 0) is 6.92 Å². The lowest BCUT2D eigenvalue weighted by Crippen LogP contribution is -2.37. The minimum atomic E-state index is 0.372. The number of benzene rings is 1. The summed E-state index contributed by atoms with van der Waals surface area (Å²) >= 11 is 0. The van der Waals surface area contributed by atoms with Crippen molar-refractivity contribution in [1.29, 1.82) is 0 Å². The van der Waals surface area contributed by atoms with Crippen LogP contribution in [-0.2, 0) is 6.54 Å². The first-order valence-corrected chi connectivity index (χ1v) is 6.51. The van der Waals surface area contributed by atoms with Gasteiger partial charge in [-0.2, -0.15) is 0 Å². The summed E-state index contributed by atoms with van der Waals surface area (Å²) in [5.74, 6) is 2.95. The summed E-state index contributed by atoms with van der Waals surface area (Å²) in [5.41, 5.74) is 0.930. The van der Waals surface area contributed by atoms with E-state index in [0.717, 1.165) is 29.6 Å². The number of nitrogens with one attached hydrogen (secondary N) is 2. The molecule has 20 heavy (non-hydrogen) atoms. The molecule has 1 aliphatic heterocycles. The van der Waals surface area contributed by atoms with Crippen LogP contribution in [0, 0.1) is 0 Å². The Kier molecular flexibility index (Phi) is 4.55. The number of methoxy groups -OCH3 is 3. The topological polar surface area (TPSA) is 64.1 Å². The molecule has 0 spiro atoms. The van der Waals surface area contributed by atoms with Crippen LogP contribution in [0.25, 0.3) is 0 Å². The maximum atomic E-state index is 5.41. The van der Waals surface area contributed by atoms with Gasteiger partial charge in [0.25, 0.3) is 0 Å². The van der Waals surface area contributed by atoms with Crippen molar-refractivity contribution in [2.45, 2.75) is 19.5 Å². The molecule has 110 valence electrons. The normalized spacial score (nSPS) is 17.2. The van der Waals surface area contributed by atoms with Gasteiger partial charge in [-0.25, -0.2) is 0 Å². The molecule has 0 saturated carbocycles. The Balaban J connectivity index is 2.17. The zero-order valence-corrected chi connectivity index (χ0v) is 12.3. The van der Waals surface area contributed by atoms with Crippen molar-refractivity contribution >= 4 is 5.96 Å². The van der Waals surface area contributed by atoms with Gasteiger partial charge in [-0.1, -0.05) is 0 Å². The average molecular weight is 279 g/mol. The van der Waals surface area contributed by atoms with Crippen LogP contribution in [-0.4, -0.2) is 39.9 Å². The van der Waals surface area contributed by atoms with Crippen molar-refractivity contribution < 1.29 is 14.2 Å². The second-order valence-electron chi connectivity index (χ2n) is 4.60. The van der Waals surface area contributed by atoms with Gasteiger partial charge in [0.1, 0.15) is 17.2 Å². The Morgan fingerprint density at radius 3 is 2.30 bits per heavy atom. The maximum absolute atomic E-state index is 5.41. The second-order valence-corrected chi connectivity index (χ2v) is 4.60. The van der Waals surface area contributed by atoms with Gasteiger partial charge < -0.3 is 24.8 Å². The Morgan fingerprint density at radius 2 is 1.85 bits per heavy atom. The maximum Gasteiger partial charge on any atom is 0.191 e. The highest BCUT2D eigenvalue weighted by Crippen LogP contribution is 2.33. The van der Waals surface area contributed by atoms with Crippen LogP contribution < -0.4 is 24.8 Å². The molecule has 1 atom stereocenters. The number of guanidine groups is 1. The van der Waals surface area contributed by atoms with Gasteiger partial charge in [0, 0.05) is 18.2 Å². The van der Waals surface area contributed by atoms with E-state index in [2.05, 4.69) is 22.5 Å². The predicted octanol–water partition coefficient (Wildman–Crippen LogP) is 1.15. The molecule has 0 aromatic heterocycles. The third kappa shape index (κ3) is 3.07. The van der Waals surface area contributed by atoms with Crippen molar-refractivity contribution in [1.82, 2.24) is 10.6 Å². The van der Waals surface area contributed by atoms with Crippen LogP contribution in [0.5, 0.6) is 17.2 Å². The minimum absolute atomic E-state index is 0.372. The number of nitrogens with zero attached hydrogens (tertiary/aromatic N) is 1. The first-order chi connectivity index (χ1) is 9.67. The van der Waals surface area contributed by atoms with Crippen LogP contribution in [0.1, 0.15) is 12.5 Å². The van der Waals surface area contributed by atoms with Gasteiger partial charge in [-0.3, -0.25) is 4.99 Å². The fourth-order valence-corrected chi connectivity index (χ4v) is 2.08. The monoisotopic (exact) mass is 279 g/mol. The van der Waals surface area contributed by atoms with E-state index in [9.17, 15) is 0 Å². The number of hydrogen-bond acceptors (Lipinski definition) is 6. The Labute approximate surface area is 119 Å². The average Bonchev–Trinajstić information content (AvgIpc) is 2.89. The summed E-state index contributed by atoms with van der Waals surface area (Å²) in [7, 11) is 4.88. The Bertz CT molecular complexity index is 477. The summed E-state index contributed by atoms with van der Waals surface area (Å²) in [5, 5.41) is 6.51. The number of aliphatic imine (C=N–C) groups is 1. The van der Waals surface area contributed by atoms with E-state index in [1.807, 2.05) is 12.1 Å². The first kappa shape index (κ1) is 14.3. The molecule has 1 aromatic carbocycles. The van der Waals surface area contributed by atoms with Crippen molar-refractivity contribution in [2.75, 3.05) is 27.9 Å². The molecule has 0 radical (unpaired) electrons. The summed E-state index contributed by atoms with van der Waals surface area (Å²) in [6.07, 6.45) is 0. The summed E-state index contributed by atoms with van der Waals surface area (Å²) in [4.78, 5) is 4.36. The molecule has 1 heterocycles. The van der Waals surface area contributed by atoms with Crippen LogP contribution in [0.4, 0.5) is 0 Å². The lowest BCUT2D eigenvalue weighted by atomic mass is 10.1. The van der Waals surface area contributed by atoms with Crippen LogP contribution in [0.2, 0.25) is 0 Å². The van der Waals surface area contributed by atoms with E-state index in [1.54, 1.807) is 21.3 Å². The largest absolute Gasteiger partial charge is 0.496 e. The third-order valence-corrected chi connectivity index (χ3v) is 3.16. The van der Waals surface area contributed by atoms with Crippen molar-refractivity contribution in [3.05, 3.63) is 17.7 Å². The highest BCUT2D eigenvalue weighted by Gasteiger charge is 2.16. The molecule has 6 heteroatoms. The molecule has 2 rings (SSSR count). The van der Waals surface area contributed by atoms with E-state index in [4.69, 9.17) is 14.2 Å². The molecule has 0 saturated heterocycles. The van der Waals surface area contributed by atoms with E-state index in [-0.39, 0.29) is 0 Å². The van der Waals surface area contributed by atoms with Gasteiger partial charge in [-0.15, -0.1) is 0 Å². The third-order valence-electron chi connectivity index (χ3n) is 3.16. The van der Waals surface area contributed by atoms with Crippen molar-refractivity contribution in [2.24, 2.45) is 4.99 Å². The molecular weight excluding hydrogens is 258 g/mol. The molecule has 0 fully saturated rings. The number of ether oxygens (including phenoxy) is 3. The minimum Gasteiger partial charge on any atom is -0.496 e. The molecule has 0 amide bonds. The van der Waals surface area contributed by atoms with Crippen LogP contribution in [0.3, 0.4) is 0 Å². The number of hydrogen-bond donors (Lipinski definition) is 2. The quantitative estimate of drug-likeness (QED) is 0.846. The first-order valence-electron chi connectivity index (χ1n) is 6.51. The molecule has 2 N–H and O–H groups in total. The molecule has 1 aliphatic rings. The van der Waals surface area contributed by atoms with Crippen LogP contribution >= 0.6 is 0 Å². The molecular formula is C14H21N3O3. The van der Waals surface area contributed by atoms with Gasteiger partial charge in [0.05, 0.1) is 40.0 Å². The lowest BCUT2D eigenvalue weighted by molar-refractivity contribution is 0.368. The second kappa shape index (κ2) is 6.36. The highest BCUT2D eigenvalue weighted by molar-refractivity contribution is 5.81. The number of rotatable bonds is 5. The molecule has 6 nitrogen and oxygen atoms in total. The smallest absolute Gasteiger partial charge is 0.191 e. The standard InChI is InChI=1S/C14H21N3O3/c1-9-7-15-14(17-9)16-8-11-12(19-3)5-10(18-2)6-13(11)20-4/h5-6,9H,7-8H2,1-4H3,(H2,15,16,17). The lowest BCUT2D eigenvalue weighted by Gasteiger charge is -2.16. The van der Waals surface area contributed by atoms with Crippen molar-refractivity contribution in [3.63, 3.8) is 0 Å². The molecule has 1 aromatic rings. The van der Waals surface area contributed by atoms with E-state index >= 15 is 0 Å². The van der Waals surface area contributed by atoms with Crippen molar-refractivity contribution in [3.8, 4) is 17.2 Å². The van der Waals surface area contributed by atoms with Gasteiger partial charge >= 0.3 is 0 Å². The van der Waals surface area contributed by atoms with E-state index < -0.39 is 0 Å². The summed E-state index contributed by atoms with van der Waals surface area (Å²) in [6, 6.07) is 4.05. The fourth-order valence-electron chi connectivity index (χ4n) is 2.08. The predicted molar refractivity (Wildman–Crippen MR) is 77.8 cm³/mol. The molecule has 1 unspecified atom stereocenters. The fraction of sp³-hybridized carbons (Fsp3) is 0.500. The SMILES string of the molecule is COc1cc(OC)c(CNC2=NCC(C)N2)c(OC)c1. The van der Waals surface area contributed by atoms with Gasteiger partial charge in [0.15, 0.2) is 5.96 Å². The zero-order valence-electron chi connectivity index (χ0n) is 12.3.